The van der Waals surface area contributed by atoms with E-state index in [-0.39, 0.29) is 23.8 Å². The highest BCUT2D eigenvalue weighted by atomic mass is 16.5. The van der Waals surface area contributed by atoms with Crippen LogP contribution in [0.5, 0.6) is 0 Å². The largest absolute Gasteiger partial charge is 0.465 e. The number of rotatable bonds is 46. The predicted molar refractivity (Wildman–Crippen MR) is 260 cm³/mol. The minimum absolute atomic E-state index is 0.0133. The number of nitrogens with zero attached hydrogens (tertiary/aromatic N) is 2. The van der Waals surface area contributed by atoms with Crippen molar-refractivity contribution < 1.29 is 29.3 Å². The lowest BCUT2D eigenvalue weighted by Crippen LogP contribution is -2.41. The van der Waals surface area contributed by atoms with Gasteiger partial charge in [0.1, 0.15) is 0 Å². The third-order valence-corrected chi connectivity index (χ3v) is 12.7. The minimum atomic E-state index is -0.519. The standard InChI is InChI=1S/C53H104N2O6/c1-8-13-18-22-24-28-37-48(35-26-20-15-10-3)52(58)60-43-32-30-39-50(56)45-55(42-41-54(7)47(6)34-17-12-5)46-51(57)40-31-33-44-61-53(59)49(36-27-21-16-11-4)38-29-25-23-19-14-9-2/h34,48-51,56-57H,8-33,35-46H2,1-7H3/b47-34-. The van der Waals surface area contributed by atoms with Crippen molar-refractivity contribution in [2.24, 2.45) is 11.8 Å². The van der Waals surface area contributed by atoms with Gasteiger partial charge in [-0.05, 0) is 77.6 Å². The molecule has 0 saturated heterocycles. The topological polar surface area (TPSA) is 99.5 Å². The summed E-state index contributed by atoms with van der Waals surface area (Å²) in [5.41, 5.74) is 1.25. The summed E-state index contributed by atoms with van der Waals surface area (Å²) in [6.45, 7) is 16.6. The van der Waals surface area contributed by atoms with E-state index in [0.717, 1.165) is 103 Å². The van der Waals surface area contributed by atoms with Crippen molar-refractivity contribution in [3.63, 3.8) is 0 Å². The van der Waals surface area contributed by atoms with Crippen LogP contribution in [0, 0.1) is 11.8 Å². The van der Waals surface area contributed by atoms with E-state index in [4.69, 9.17) is 9.47 Å². The van der Waals surface area contributed by atoms with Crippen LogP contribution in [0.15, 0.2) is 11.8 Å². The molecule has 0 saturated carbocycles. The molecule has 8 heteroatoms. The first kappa shape index (κ1) is 59.4. The van der Waals surface area contributed by atoms with Crippen LogP contribution in [0.3, 0.4) is 0 Å². The molecule has 0 fully saturated rings. The zero-order valence-corrected chi connectivity index (χ0v) is 41.7. The Morgan fingerprint density at radius 2 is 0.820 bits per heavy atom. The molecule has 0 aliphatic carbocycles. The van der Waals surface area contributed by atoms with Crippen LogP contribution in [-0.2, 0) is 19.1 Å². The van der Waals surface area contributed by atoms with E-state index in [9.17, 15) is 19.8 Å². The Labute approximate surface area is 379 Å². The van der Waals surface area contributed by atoms with Crippen molar-refractivity contribution in [3.8, 4) is 0 Å². The van der Waals surface area contributed by atoms with Gasteiger partial charge in [0.15, 0.2) is 0 Å². The molecule has 0 heterocycles. The lowest BCUT2D eigenvalue weighted by Gasteiger charge is -2.30. The lowest BCUT2D eigenvalue weighted by molar-refractivity contribution is -0.150. The Hall–Kier alpha value is -1.64. The monoisotopic (exact) mass is 865 g/mol. The molecule has 0 aromatic rings. The van der Waals surface area contributed by atoms with Crippen LogP contribution in [0.1, 0.15) is 247 Å². The van der Waals surface area contributed by atoms with Crippen LogP contribution < -0.4 is 0 Å². The SMILES string of the molecule is CCC/C=C(/C)N(C)CCN(CC(O)CCCCOC(=O)C(CCCCCC)CCCCCCCC)CC(O)CCCCOC(=O)C(CCCCCC)CCCCCCCC. The van der Waals surface area contributed by atoms with Gasteiger partial charge in [0.05, 0.1) is 37.3 Å². The van der Waals surface area contributed by atoms with Crippen LogP contribution in [0.4, 0.5) is 0 Å². The number of aliphatic hydroxyl groups is 2. The van der Waals surface area contributed by atoms with Gasteiger partial charge in [-0.3, -0.25) is 14.5 Å². The summed E-state index contributed by atoms with van der Waals surface area (Å²) in [6.07, 6.45) is 35.7. The van der Waals surface area contributed by atoms with Crippen molar-refractivity contribution in [3.05, 3.63) is 11.8 Å². The van der Waals surface area contributed by atoms with Crippen molar-refractivity contribution >= 4 is 11.9 Å². The molecular weight excluding hydrogens is 761 g/mol. The average Bonchev–Trinajstić information content (AvgIpc) is 3.25. The van der Waals surface area contributed by atoms with Gasteiger partial charge in [0.25, 0.3) is 0 Å². The number of aliphatic hydroxyl groups excluding tert-OH is 2. The summed E-state index contributed by atoms with van der Waals surface area (Å²) in [4.78, 5) is 30.7. The summed E-state index contributed by atoms with van der Waals surface area (Å²) in [5, 5.41) is 22.3. The fourth-order valence-electron chi connectivity index (χ4n) is 8.30. The van der Waals surface area contributed by atoms with Crippen LogP contribution in [0.25, 0.3) is 0 Å². The Morgan fingerprint density at radius 3 is 1.20 bits per heavy atom. The molecule has 0 bridgehead atoms. The Morgan fingerprint density at radius 1 is 0.475 bits per heavy atom. The zero-order chi connectivity index (χ0) is 45.2. The quantitative estimate of drug-likeness (QED) is 0.0461. The second kappa shape index (κ2) is 43.6. The molecule has 4 unspecified atom stereocenters. The number of hydrogen-bond acceptors (Lipinski definition) is 8. The molecule has 0 amide bonds. The summed E-state index contributed by atoms with van der Waals surface area (Å²) < 4.78 is 11.6. The van der Waals surface area contributed by atoms with Crippen molar-refractivity contribution in [2.75, 3.05) is 46.4 Å². The number of carbonyl (C=O) groups excluding carboxylic acids is 2. The maximum atomic E-state index is 13.1. The lowest BCUT2D eigenvalue weighted by atomic mass is 9.94. The summed E-state index contributed by atoms with van der Waals surface area (Å²) >= 11 is 0. The van der Waals surface area contributed by atoms with E-state index >= 15 is 0 Å². The highest BCUT2D eigenvalue weighted by Gasteiger charge is 2.22. The van der Waals surface area contributed by atoms with Crippen LogP contribution in [0.2, 0.25) is 0 Å². The van der Waals surface area contributed by atoms with Crippen molar-refractivity contribution in [2.45, 2.75) is 259 Å². The number of allylic oxidation sites excluding steroid dienone is 2. The third kappa shape index (κ3) is 36.4. The minimum Gasteiger partial charge on any atom is -0.465 e. The van der Waals surface area contributed by atoms with E-state index in [2.05, 4.69) is 64.5 Å². The van der Waals surface area contributed by atoms with Crippen molar-refractivity contribution in [1.29, 1.82) is 0 Å². The maximum Gasteiger partial charge on any atom is 0.308 e. The fourth-order valence-corrected chi connectivity index (χ4v) is 8.30. The first-order valence-electron chi connectivity index (χ1n) is 26.4. The molecule has 0 radical (unpaired) electrons. The van der Waals surface area contributed by atoms with Crippen LogP contribution in [-0.4, -0.2) is 90.6 Å². The molecule has 362 valence electrons. The zero-order valence-electron chi connectivity index (χ0n) is 41.7. The molecule has 0 spiro atoms. The number of hydrogen-bond donors (Lipinski definition) is 2. The first-order chi connectivity index (χ1) is 29.6. The molecule has 0 aliphatic heterocycles. The predicted octanol–water partition coefficient (Wildman–Crippen LogP) is 13.7. The molecule has 4 atom stereocenters. The number of esters is 2. The maximum absolute atomic E-state index is 13.1. The van der Waals surface area contributed by atoms with Gasteiger partial charge in [-0.1, -0.05) is 176 Å². The number of likely N-dealkylation sites (N-methyl/N-ethyl adjacent to an activating group) is 1. The highest BCUT2D eigenvalue weighted by molar-refractivity contribution is 5.72. The third-order valence-electron chi connectivity index (χ3n) is 12.7. The van der Waals surface area contributed by atoms with Gasteiger partial charge in [-0.2, -0.15) is 0 Å². The van der Waals surface area contributed by atoms with Gasteiger partial charge < -0.3 is 24.6 Å². The number of carbonyl (C=O) groups is 2. The van der Waals surface area contributed by atoms with Gasteiger partial charge in [0.2, 0.25) is 0 Å². The second-order valence-electron chi connectivity index (χ2n) is 18.7. The molecule has 0 rings (SSSR count). The van der Waals surface area contributed by atoms with Gasteiger partial charge in [0, 0.05) is 38.9 Å². The van der Waals surface area contributed by atoms with Gasteiger partial charge in [-0.15, -0.1) is 0 Å². The summed E-state index contributed by atoms with van der Waals surface area (Å²) in [6, 6.07) is 0. The number of unbranched alkanes of at least 4 members (excludes halogenated alkanes) is 19. The molecule has 8 nitrogen and oxygen atoms in total. The summed E-state index contributed by atoms with van der Waals surface area (Å²) in [5.74, 6) is -0.0255. The molecule has 0 aliphatic rings. The first-order valence-corrected chi connectivity index (χ1v) is 26.4. The van der Waals surface area contributed by atoms with Gasteiger partial charge in [-0.25, -0.2) is 0 Å². The van der Waals surface area contributed by atoms with E-state index in [1.165, 1.54) is 108 Å². The van der Waals surface area contributed by atoms with Crippen molar-refractivity contribution in [1.82, 2.24) is 9.80 Å². The molecule has 0 aromatic heterocycles. The van der Waals surface area contributed by atoms with E-state index < -0.39 is 12.2 Å². The van der Waals surface area contributed by atoms with E-state index in [1.807, 2.05) is 0 Å². The summed E-state index contributed by atoms with van der Waals surface area (Å²) in [7, 11) is 2.11. The average molecular weight is 865 g/mol. The molecular formula is C53H104N2O6. The molecule has 2 N–H and O–H groups in total. The Bertz CT molecular complexity index is 945. The van der Waals surface area contributed by atoms with Crippen LogP contribution >= 0.6 is 0 Å². The van der Waals surface area contributed by atoms with E-state index in [0.29, 0.717) is 39.1 Å². The number of ether oxygens (including phenoxy) is 2. The smallest absolute Gasteiger partial charge is 0.308 e. The van der Waals surface area contributed by atoms with E-state index in [1.54, 1.807) is 0 Å². The fraction of sp³-hybridized carbons (Fsp3) is 0.925. The second-order valence-corrected chi connectivity index (χ2v) is 18.7. The molecule has 0 aromatic carbocycles. The Balaban J connectivity index is 4.99. The highest BCUT2D eigenvalue weighted by Crippen LogP contribution is 2.22. The van der Waals surface area contributed by atoms with Gasteiger partial charge >= 0.3 is 11.9 Å². The Kier molecular flexibility index (Phi) is 42.4. The molecule has 61 heavy (non-hydrogen) atoms. The normalized spacial score (nSPS) is 14.0.